The molecule has 0 bridgehead atoms. The Morgan fingerprint density at radius 1 is 1.09 bits per heavy atom. The summed E-state index contributed by atoms with van der Waals surface area (Å²) < 4.78 is 21.3. The van der Waals surface area contributed by atoms with Crippen molar-refractivity contribution in [3.63, 3.8) is 0 Å². The molecule has 1 amide bonds. The number of nitrogens with zero attached hydrogens (tertiary/aromatic N) is 3. The van der Waals surface area contributed by atoms with E-state index in [-0.39, 0.29) is 18.0 Å². The lowest BCUT2D eigenvalue weighted by molar-refractivity contribution is -0.116. The van der Waals surface area contributed by atoms with E-state index in [1.54, 1.807) is 41.2 Å². The number of hydrogen-bond donors (Lipinski definition) is 1. The number of amides is 1. The summed E-state index contributed by atoms with van der Waals surface area (Å²) in [5.74, 6) is -0.209. The monoisotopic (exact) mass is 452 g/mol. The van der Waals surface area contributed by atoms with E-state index in [0.29, 0.717) is 22.6 Å². The molecule has 0 aliphatic heterocycles. The third-order valence-corrected chi connectivity index (χ3v) is 5.14. The number of para-hydroxylation sites is 1. The molecule has 168 valence electrons. The van der Waals surface area contributed by atoms with Crippen molar-refractivity contribution in [1.82, 2.24) is 15.1 Å². The number of carbonyl (C=O) groups is 1. The van der Waals surface area contributed by atoms with Gasteiger partial charge in [-0.3, -0.25) is 4.79 Å². The third-order valence-electron chi connectivity index (χ3n) is 5.14. The first kappa shape index (κ1) is 22.5. The van der Waals surface area contributed by atoms with Crippen LogP contribution in [0.1, 0.15) is 11.1 Å². The highest BCUT2D eigenvalue weighted by atomic mass is 19.1. The van der Waals surface area contributed by atoms with Crippen LogP contribution in [0.5, 0.6) is 5.75 Å². The minimum absolute atomic E-state index is 0.0267. The molecule has 0 fully saturated rings. The first-order valence-corrected chi connectivity index (χ1v) is 10.5. The van der Waals surface area contributed by atoms with E-state index in [1.165, 1.54) is 19.2 Å². The van der Waals surface area contributed by atoms with Gasteiger partial charge in [0.15, 0.2) is 0 Å². The molecule has 4 aromatic rings. The van der Waals surface area contributed by atoms with Gasteiger partial charge >= 0.3 is 0 Å². The predicted octanol–water partition coefficient (Wildman–Crippen LogP) is 4.91. The van der Waals surface area contributed by atoms with Crippen molar-refractivity contribution in [3.05, 3.63) is 108 Å². The zero-order valence-corrected chi connectivity index (χ0v) is 18.4. The number of likely N-dealkylation sites (N-methyl/N-ethyl adjacent to an activating group) is 1. The normalized spacial score (nSPS) is 11.0. The van der Waals surface area contributed by atoms with Gasteiger partial charge in [-0.25, -0.2) is 9.07 Å². The van der Waals surface area contributed by atoms with Gasteiger partial charge in [0.2, 0.25) is 0 Å². The maximum atomic E-state index is 13.8. The molecule has 1 heterocycles. The van der Waals surface area contributed by atoms with Gasteiger partial charge in [-0.1, -0.05) is 36.4 Å². The highest BCUT2D eigenvalue weighted by molar-refractivity contribution is 6.02. The van der Waals surface area contributed by atoms with Crippen LogP contribution in [0, 0.1) is 17.1 Å². The summed E-state index contributed by atoms with van der Waals surface area (Å²) in [6.07, 6.45) is 3.29. The van der Waals surface area contributed by atoms with Crippen molar-refractivity contribution in [2.45, 2.75) is 6.61 Å². The van der Waals surface area contributed by atoms with Crippen LogP contribution < -0.4 is 10.1 Å². The molecule has 0 unspecified atom stereocenters. The molecule has 0 saturated carbocycles. The van der Waals surface area contributed by atoms with E-state index in [9.17, 15) is 14.4 Å². The van der Waals surface area contributed by atoms with Crippen LogP contribution in [0.25, 0.3) is 23.0 Å². The van der Waals surface area contributed by atoms with Crippen LogP contribution in [0.15, 0.2) is 90.6 Å². The highest BCUT2D eigenvalue weighted by Gasteiger charge is 2.15. The molecule has 34 heavy (non-hydrogen) atoms. The number of rotatable bonds is 7. The fourth-order valence-electron chi connectivity index (χ4n) is 3.35. The average molecular weight is 452 g/mol. The standard InChI is InChI=1S/C27H21FN4O2/c1-30-27(33)21(16-29)15-22-17-32(23-8-3-2-4-9-23)31-26(22)19-11-13-24(14-12-19)34-18-20-7-5-6-10-25(20)28/h2-15,17H,18H2,1H3,(H,30,33). The van der Waals surface area contributed by atoms with Crippen molar-refractivity contribution >= 4 is 12.0 Å². The topological polar surface area (TPSA) is 79.9 Å². The average Bonchev–Trinajstić information content (AvgIpc) is 3.31. The minimum Gasteiger partial charge on any atom is -0.489 e. The van der Waals surface area contributed by atoms with Crippen LogP contribution in [0.2, 0.25) is 0 Å². The Morgan fingerprint density at radius 2 is 1.79 bits per heavy atom. The van der Waals surface area contributed by atoms with Gasteiger partial charge < -0.3 is 10.1 Å². The Bertz CT molecular complexity index is 1370. The van der Waals surface area contributed by atoms with Crippen molar-refractivity contribution in [3.8, 4) is 28.8 Å². The molecule has 0 aliphatic rings. The third kappa shape index (κ3) is 5.03. The maximum Gasteiger partial charge on any atom is 0.261 e. The van der Waals surface area contributed by atoms with Gasteiger partial charge in [0.25, 0.3) is 5.91 Å². The van der Waals surface area contributed by atoms with E-state index in [2.05, 4.69) is 5.32 Å². The number of carbonyl (C=O) groups excluding carboxylic acids is 1. The highest BCUT2D eigenvalue weighted by Crippen LogP contribution is 2.28. The van der Waals surface area contributed by atoms with Crippen molar-refractivity contribution in [2.24, 2.45) is 0 Å². The number of nitriles is 1. The lowest BCUT2D eigenvalue weighted by Crippen LogP contribution is -2.19. The van der Waals surface area contributed by atoms with Crippen molar-refractivity contribution in [1.29, 1.82) is 5.26 Å². The summed E-state index contributed by atoms with van der Waals surface area (Å²) in [7, 11) is 1.47. The lowest BCUT2D eigenvalue weighted by atomic mass is 10.1. The Morgan fingerprint density at radius 3 is 2.47 bits per heavy atom. The number of nitrogens with one attached hydrogen (secondary N) is 1. The molecule has 0 saturated heterocycles. The Labute approximate surface area is 196 Å². The lowest BCUT2D eigenvalue weighted by Gasteiger charge is -2.08. The zero-order chi connectivity index (χ0) is 23.9. The molecule has 0 spiro atoms. The molecular weight excluding hydrogens is 431 g/mol. The van der Waals surface area contributed by atoms with Crippen LogP contribution in [0.4, 0.5) is 4.39 Å². The first-order chi connectivity index (χ1) is 16.6. The zero-order valence-electron chi connectivity index (χ0n) is 18.4. The fraction of sp³-hybridized carbons (Fsp3) is 0.0741. The summed E-state index contributed by atoms with van der Waals surface area (Å²) in [6, 6.07) is 25.2. The molecule has 3 aromatic carbocycles. The molecule has 7 heteroatoms. The molecule has 4 rings (SSSR count). The van der Waals surface area contributed by atoms with Crippen LogP contribution in [-0.4, -0.2) is 22.7 Å². The largest absolute Gasteiger partial charge is 0.489 e. The van der Waals surface area contributed by atoms with E-state index in [4.69, 9.17) is 9.84 Å². The molecule has 6 nitrogen and oxygen atoms in total. The predicted molar refractivity (Wildman–Crippen MR) is 127 cm³/mol. The van der Waals surface area contributed by atoms with E-state index in [0.717, 1.165) is 11.3 Å². The fourth-order valence-corrected chi connectivity index (χ4v) is 3.35. The summed E-state index contributed by atoms with van der Waals surface area (Å²) >= 11 is 0. The molecule has 1 N–H and O–H groups in total. The van der Waals surface area contributed by atoms with Crippen molar-refractivity contribution in [2.75, 3.05) is 7.05 Å². The van der Waals surface area contributed by atoms with Gasteiger partial charge in [-0.15, -0.1) is 0 Å². The van der Waals surface area contributed by atoms with Gasteiger partial charge in [0, 0.05) is 29.9 Å². The number of halogens is 1. The summed E-state index contributed by atoms with van der Waals surface area (Å²) in [5, 5.41) is 16.6. The van der Waals surface area contributed by atoms with Gasteiger partial charge in [0.05, 0.1) is 11.4 Å². The summed E-state index contributed by atoms with van der Waals surface area (Å²) in [6.45, 7) is 0.111. The quantitative estimate of drug-likeness (QED) is 0.319. The van der Waals surface area contributed by atoms with Gasteiger partial charge in [0.1, 0.15) is 29.8 Å². The van der Waals surface area contributed by atoms with Crippen LogP contribution in [-0.2, 0) is 11.4 Å². The van der Waals surface area contributed by atoms with E-state index in [1.807, 2.05) is 48.5 Å². The molecule has 0 radical (unpaired) electrons. The number of ether oxygens (including phenoxy) is 1. The number of benzene rings is 3. The second kappa shape index (κ2) is 10.3. The Kier molecular flexibility index (Phi) is 6.80. The van der Waals surface area contributed by atoms with E-state index >= 15 is 0 Å². The summed E-state index contributed by atoms with van der Waals surface area (Å²) in [4.78, 5) is 12.1. The second-order valence-corrected chi connectivity index (χ2v) is 7.37. The smallest absolute Gasteiger partial charge is 0.261 e. The molecular formula is C27H21FN4O2. The second-order valence-electron chi connectivity index (χ2n) is 7.37. The van der Waals surface area contributed by atoms with Gasteiger partial charge in [-0.05, 0) is 48.5 Å². The minimum atomic E-state index is -0.474. The van der Waals surface area contributed by atoms with Crippen molar-refractivity contribution < 1.29 is 13.9 Å². The Balaban J connectivity index is 1.66. The molecule has 0 atom stereocenters. The van der Waals surface area contributed by atoms with Crippen LogP contribution >= 0.6 is 0 Å². The van der Waals surface area contributed by atoms with Gasteiger partial charge in [-0.2, -0.15) is 10.4 Å². The first-order valence-electron chi connectivity index (χ1n) is 10.5. The molecule has 1 aromatic heterocycles. The maximum absolute atomic E-state index is 13.8. The Hall–Kier alpha value is -4.70. The summed E-state index contributed by atoms with van der Waals surface area (Å²) in [5.41, 5.74) is 3.27. The van der Waals surface area contributed by atoms with Crippen LogP contribution in [0.3, 0.4) is 0 Å². The SMILES string of the molecule is CNC(=O)C(C#N)=Cc1cn(-c2ccccc2)nc1-c1ccc(OCc2ccccc2F)cc1. The van der Waals surface area contributed by atoms with E-state index < -0.39 is 5.91 Å². The molecule has 0 aliphatic carbocycles. The number of aromatic nitrogens is 2. The number of hydrogen-bond acceptors (Lipinski definition) is 4.